The van der Waals surface area contributed by atoms with Crippen molar-refractivity contribution in [1.82, 2.24) is 4.98 Å². The summed E-state index contributed by atoms with van der Waals surface area (Å²) >= 11 is 0. The first-order chi connectivity index (χ1) is 3.83. The first-order valence-corrected chi connectivity index (χ1v) is 2.00. The molecule has 40 valence electrons. The summed E-state index contributed by atoms with van der Waals surface area (Å²) in [5.41, 5.74) is 5.15. The third-order valence-electron chi connectivity index (χ3n) is 0.645. The van der Waals surface area contributed by atoms with Gasteiger partial charge in [0.15, 0.2) is 5.82 Å². The zero-order valence-electron chi connectivity index (χ0n) is 4.09. The first-order valence-electron chi connectivity index (χ1n) is 2.00. The molecule has 0 unspecified atom stereocenters. The molecule has 0 aliphatic rings. The van der Waals surface area contributed by atoms with Crippen LogP contribution < -0.4 is 5.73 Å². The number of terminal acetylenes is 1. The number of anilines is 1. The van der Waals surface area contributed by atoms with Crippen LogP contribution in [-0.2, 0) is 0 Å². The highest BCUT2D eigenvalue weighted by atomic mass is 16.3. The average molecular weight is 108 g/mol. The molecular formula is C5H4N2O. The van der Waals surface area contributed by atoms with Crippen LogP contribution in [-0.4, -0.2) is 4.98 Å². The van der Waals surface area contributed by atoms with Crippen molar-refractivity contribution < 1.29 is 4.42 Å². The molecule has 0 aliphatic carbocycles. The molecule has 1 aromatic heterocycles. The highest BCUT2D eigenvalue weighted by Crippen LogP contribution is 1.99. The molecule has 0 saturated carbocycles. The lowest BCUT2D eigenvalue weighted by molar-refractivity contribution is 0.544. The van der Waals surface area contributed by atoms with Gasteiger partial charge in [-0.05, 0) is 5.92 Å². The van der Waals surface area contributed by atoms with E-state index < -0.39 is 0 Å². The van der Waals surface area contributed by atoms with Gasteiger partial charge in [0.1, 0.15) is 6.26 Å². The molecular weight excluding hydrogens is 104 g/mol. The fraction of sp³-hybridized carbons (Fsp3) is 0. The van der Waals surface area contributed by atoms with Gasteiger partial charge in [0.25, 0.3) is 5.89 Å². The maximum atomic E-state index is 5.15. The number of hydrogen-bond acceptors (Lipinski definition) is 3. The molecule has 0 radical (unpaired) electrons. The van der Waals surface area contributed by atoms with E-state index in [1.165, 1.54) is 6.26 Å². The normalized spacial score (nSPS) is 8.38. The van der Waals surface area contributed by atoms with Gasteiger partial charge in [0, 0.05) is 0 Å². The van der Waals surface area contributed by atoms with Crippen LogP contribution in [0.1, 0.15) is 5.89 Å². The maximum Gasteiger partial charge on any atom is 0.274 e. The van der Waals surface area contributed by atoms with Crippen LogP contribution in [0.25, 0.3) is 0 Å². The molecule has 1 aromatic rings. The molecule has 0 amide bonds. The number of nitrogens with zero attached hydrogens (tertiary/aromatic N) is 1. The van der Waals surface area contributed by atoms with Gasteiger partial charge in [0.2, 0.25) is 0 Å². The van der Waals surface area contributed by atoms with E-state index in [1.54, 1.807) is 0 Å². The highest BCUT2D eigenvalue weighted by Gasteiger charge is 1.91. The molecule has 0 bridgehead atoms. The monoisotopic (exact) mass is 108 g/mol. The average Bonchev–Trinajstić information content (AvgIpc) is 2.14. The van der Waals surface area contributed by atoms with Gasteiger partial charge in [-0.1, -0.05) is 0 Å². The Balaban J connectivity index is 3.05. The van der Waals surface area contributed by atoms with Crippen LogP contribution in [0.15, 0.2) is 10.7 Å². The van der Waals surface area contributed by atoms with E-state index in [0.717, 1.165) is 0 Å². The second-order valence-corrected chi connectivity index (χ2v) is 1.22. The van der Waals surface area contributed by atoms with Crippen molar-refractivity contribution in [2.45, 2.75) is 0 Å². The van der Waals surface area contributed by atoms with E-state index in [4.69, 9.17) is 12.2 Å². The van der Waals surface area contributed by atoms with E-state index in [1.807, 2.05) is 0 Å². The molecule has 8 heavy (non-hydrogen) atoms. The second-order valence-electron chi connectivity index (χ2n) is 1.22. The summed E-state index contributed by atoms with van der Waals surface area (Å²) in [6.45, 7) is 0. The van der Waals surface area contributed by atoms with Gasteiger partial charge >= 0.3 is 0 Å². The summed E-state index contributed by atoms with van der Waals surface area (Å²) in [5, 5.41) is 0. The van der Waals surface area contributed by atoms with E-state index in [0.29, 0.717) is 5.82 Å². The number of nitrogens with two attached hydrogens (primary N) is 1. The summed E-state index contributed by atoms with van der Waals surface area (Å²) < 4.78 is 4.64. The minimum Gasteiger partial charge on any atom is -0.436 e. The lowest BCUT2D eigenvalue weighted by Crippen LogP contribution is -1.82. The van der Waals surface area contributed by atoms with Gasteiger partial charge in [0.05, 0.1) is 0 Å². The van der Waals surface area contributed by atoms with Gasteiger partial charge in [-0.3, -0.25) is 0 Å². The Labute approximate surface area is 46.5 Å². The van der Waals surface area contributed by atoms with Crippen molar-refractivity contribution in [3.8, 4) is 12.3 Å². The zero-order valence-corrected chi connectivity index (χ0v) is 4.09. The molecule has 0 atom stereocenters. The maximum absolute atomic E-state index is 5.15. The molecule has 1 heterocycles. The summed E-state index contributed by atoms with van der Waals surface area (Å²) in [4.78, 5) is 3.60. The van der Waals surface area contributed by atoms with Crippen LogP contribution in [0.2, 0.25) is 0 Å². The third-order valence-corrected chi connectivity index (χ3v) is 0.645. The molecule has 0 spiro atoms. The molecule has 0 saturated heterocycles. The summed E-state index contributed by atoms with van der Waals surface area (Å²) in [6, 6.07) is 0. The van der Waals surface area contributed by atoms with Crippen LogP contribution in [0.4, 0.5) is 5.82 Å². The van der Waals surface area contributed by atoms with Crippen molar-refractivity contribution in [1.29, 1.82) is 0 Å². The third kappa shape index (κ3) is 0.636. The lowest BCUT2D eigenvalue weighted by Gasteiger charge is -1.69. The predicted molar refractivity (Wildman–Crippen MR) is 28.9 cm³/mol. The smallest absolute Gasteiger partial charge is 0.274 e. The van der Waals surface area contributed by atoms with Gasteiger partial charge in [-0.2, -0.15) is 4.98 Å². The highest BCUT2D eigenvalue weighted by molar-refractivity contribution is 5.26. The molecule has 1 rings (SSSR count). The minimum absolute atomic E-state index is 0.225. The Morgan fingerprint density at radius 3 is 2.88 bits per heavy atom. The van der Waals surface area contributed by atoms with Crippen molar-refractivity contribution in [2.24, 2.45) is 0 Å². The fourth-order valence-electron chi connectivity index (χ4n) is 0.352. The topological polar surface area (TPSA) is 52.0 Å². The number of rotatable bonds is 0. The lowest BCUT2D eigenvalue weighted by atomic mass is 10.7. The Bertz CT molecular complexity index is 221. The number of aromatic nitrogens is 1. The van der Waals surface area contributed by atoms with Crippen molar-refractivity contribution in [3.05, 3.63) is 12.2 Å². The molecule has 3 heteroatoms. The van der Waals surface area contributed by atoms with Crippen molar-refractivity contribution >= 4 is 5.82 Å². The molecule has 0 fully saturated rings. The van der Waals surface area contributed by atoms with Gasteiger partial charge in [-0.15, -0.1) is 6.42 Å². The quantitative estimate of drug-likeness (QED) is 0.484. The fourth-order valence-corrected chi connectivity index (χ4v) is 0.352. The van der Waals surface area contributed by atoms with Crippen LogP contribution in [0.5, 0.6) is 0 Å². The number of hydrogen-bond donors (Lipinski definition) is 1. The van der Waals surface area contributed by atoms with E-state index in [-0.39, 0.29) is 5.89 Å². The van der Waals surface area contributed by atoms with Gasteiger partial charge < -0.3 is 10.2 Å². The Morgan fingerprint density at radius 2 is 2.62 bits per heavy atom. The van der Waals surface area contributed by atoms with Crippen molar-refractivity contribution in [3.63, 3.8) is 0 Å². The van der Waals surface area contributed by atoms with Crippen LogP contribution >= 0.6 is 0 Å². The SMILES string of the molecule is C#Cc1nc(N)co1. The van der Waals surface area contributed by atoms with Crippen molar-refractivity contribution in [2.75, 3.05) is 5.73 Å². The van der Waals surface area contributed by atoms with Crippen LogP contribution in [0, 0.1) is 12.3 Å². The van der Waals surface area contributed by atoms with Gasteiger partial charge in [-0.25, -0.2) is 0 Å². The van der Waals surface area contributed by atoms with E-state index >= 15 is 0 Å². The second kappa shape index (κ2) is 1.58. The van der Waals surface area contributed by atoms with E-state index in [2.05, 4.69) is 15.3 Å². The Hall–Kier alpha value is -1.43. The minimum atomic E-state index is 0.225. The largest absolute Gasteiger partial charge is 0.436 e. The molecule has 0 aliphatic heterocycles. The Morgan fingerprint density at radius 1 is 1.88 bits per heavy atom. The van der Waals surface area contributed by atoms with Crippen LogP contribution in [0.3, 0.4) is 0 Å². The molecule has 0 aromatic carbocycles. The van der Waals surface area contributed by atoms with E-state index in [9.17, 15) is 0 Å². The zero-order chi connectivity index (χ0) is 5.98. The number of oxazole rings is 1. The standard InChI is InChI=1S/C5H4N2O/c1-2-5-7-4(6)3-8-5/h1,3H,6H2. The summed E-state index contributed by atoms with van der Waals surface area (Å²) in [7, 11) is 0. The summed E-state index contributed by atoms with van der Waals surface area (Å²) in [5.74, 6) is 2.73. The summed E-state index contributed by atoms with van der Waals surface area (Å²) in [6.07, 6.45) is 6.20. The first kappa shape index (κ1) is 4.72. The molecule has 3 nitrogen and oxygen atoms in total. The molecule has 2 N–H and O–H groups in total. The Kier molecular flexibility index (Phi) is 0.935. The predicted octanol–water partition coefficient (Wildman–Crippen LogP) is 0.238. The number of nitrogen functional groups attached to an aromatic ring is 1.